The van der Waals surface area contributed by atoms with Crippen molar-refractivity contribution in [1.82, 2.24) is 30.0 Å². The lowest BCUT2D eigenvalue weighted by atomic mass is 10.2. The van der Waals surface area contributed by atoms with Crippen molar-refractivity contribution in [2.45, 2.75) is 45.3 Å². The molecule has 31 heavy (non-hydrogen) atoms. The van der Waals surface area contributed by atoms with Gasteiger partial charge in [0.2, 0.25) is 0 Å². The van der Waals surface area contributed by atoms with Gasteiger partial charge in [-0.25, -0.2) is 19.7 Å². The summed E-state index contributed by atoms with van der Waals surface area (Å²) in [4.78, 5) is 31.3. The highest BCUT2D eigenvalue weighted by atomic mass is 16.6. The topological polar surface area (TPSA) is 131 Å². The van der Waals surface area contributed by atoms with E-state index in [9.17, 15) is 4.79 Å². The number of aromatic nitrogens is 5. The van der Waals surface area contributed by atoms with Gasteiger partial charge < -0.3 is 9.26 Å². The lowest BCUT2D eigenvalue weighted by molar-refractivity contribution is 0.0217. The summed E-state index contributed by atoms with van der Waals surface area (Å²) in [7, 11) is 0. The summed E-state index contributed by atoms with van der Waals surface area (Å²) in [6, 6.07) is 6.67. The van der Waals surface area contributed by atoms with Crippen molar-refractivity contribution in [3.63, 3.8) is 0 Å². The molecular weight excluding hydrogens is 398 g/mol. The van der Waals surface area contributed by atoms with Gasteiger partial charge in [-0.2, -0.15) is 10.2 Å². The van der Waals surface area contributed by atoms with Gasteiger partial charge in [0.05, 0.1) is 6.04 Å². The van der Waals surface area contributed by atoms with Gasteiger partial charge in [-0.15, -0.1) is 0 Å². The molecule has 1 atom stereocenters. The molecule has 1 fully saturated rings. The summed E-state index contributed by atoms with van der Waals surface area (Å²) in [5.74, 6) is 1.05. The first-order chi connectivity index (χ1) is 14.8. The third-order valence-corrected chi connectivity index (χ3v) is 4.63. The Hall–Kier alpha value is -3.87. The Morgan fingerprint density at radius 1 is 1.26 bits per heavy atom. The predicted molar refractivity (Wildman–Crippen MR) is 108 cm³/mol. The van der Waals surface area contributed by atoms with E-state index in [0.29, 0.717) is 29.5 Å². The van der Waals surface area contributed by atoms with E-state index in [1.807, 2.05) is 26.8 Å². The number of nitrogens with zero attached hydrogens (tertiary/aromatic N) is 7. The second-order valence-electron chi connectivity index (χ2n) is 8.10. The SMILES string of the molecule is CC(C)(C)OC(=O)N1CCCC1c1noc(-c2ccnc(-c3ccnc(C#N)c3)n2)n1. The Bertz CT molecular complexity index is 1150. The van der Waals surface area contributed by atoms with Crippen LogP contribution in [0, 0.1) is 11.3 Å². The van der Waals surface area contributed by atoms with E-state index in [-0.39, 0.29) is 17.6 Å². The molecule has 1 aliphatic heterocycles. The molecule has 10 heteroatoms. The Labute approximate surface area is 178 Å². The molecule has 0 saturated carbocycles. The molecule has 4 heterocycles. The molecule has 3 aromatic rings. The minimum atomic E-state index is -0.581. The number of amides is 1. The second-order valence-corrected chi connectivity index (χ2v) is 8.10. The number of carbonyl (C=O) groups is 1. The van der Waals surface area contributed by atoms with Crippen LogP contribution in [0.4, 0.5) is 4.79 Å². The zero-order valence-electron chi connectivity index (χ0n) is 17.4. The Kier molecular flexibility index (Phi) is 5.33. The van der Waals surface area contributed by atoms with Gasteiger partial charge in [0.1, 0.15) is 23.1 Å². The number of hydrogen-bond acceptors (Lipinski definition) is 9. The minimum Gasteiger partial charge on any atom is -0.444 e. The van der Waals surface area contributed by atoms with Crippen LogP contribution in [-0.2, 0) is 4.74 Å². The third-order valence-electron chi connectivity index (χ3n) is 4.63. The van der Waals surface area contributed by atoms with Crippen molar-refractivity contribution < 1.29 is 14.1 Å². The highest BCUT2D eigenvalue weighted by molar-refractivity contribution is 5.69. The fraction of sp³-hybridized carbons (Fsp3) is 0.381. The lowest BCUT2D eigenvalue weighted by Gasteiger charge is -2.27. The minimum absolute atomic E-state index is 0.226. The summed E-state index contributed by atoms with van der Waals surface area (Å²) in [5, 5.41) is 13.1. The van der Waals surface area contributed by atoms with Gasteiger partial charge in [-0.1, -0.05) is 5.16 Å². The summed E-state index contributed by atoms with van der Waals surface area (Å²) in [5.41, 5.74) is 0.790. The fourth-order valence-electron chi connectivity index (χ4n) is 3.30. The normalized spacial score (nSPS) is 16.2. The molecule has 4 rings (SSSR count). The highest BCUT2D eigenvalue weighted by Crippen LogP contribution is 2.32. The van der Waals surface area contributed by atoms with Crippen LogP contribution in [0.1, 0.15) is 51.2 Å². The maximum absolute atomic E-state index is 12.5. The molecule has 3 aromatic heterocycles. The maximum atomic E-state index is 12.5. The van der Waals surface area contributed by atoms with Crippen molar-refractivity contribution in [2.24, 2.45) is 0 Å². The van der Waals surface area contributed by atoms with Crippen LogP contribution in [0.5, 0.6) is 0 Å². The van der Waals surface area contributed by atoms with Gasteiger partial charge in [0.25, 0.3) is 5.89 Å². The molecule has 0 N–H and O–H groups in total. The van der Waals surface area contributed by atoms with Crippen molar-refractivity contribution in [2.75, 3.05) is 6.54 Å². The molecule has 1 amide bonds. The molecule has 1 unspecified atom stereocenters. The van der Waals surface area contributed by atoms with E-state index in [2.05, 4.69) is 25.1 Å². The molecule has 0 radical (unpaired) electrons. The standard InChI is InChI=1S/C21H21N7O3/c1-21(2,3)30-20(29)28-10-4-5-16(28)18-26-19(31-27-18)15-7-9-24-17(25-15)13-6-8-23-14(11-13)12-22/h6-9,11,16H,4-5,10H2,1-3H3. The molecule has 10 nitrogen and oxygen atoms in total. The summed E-state index contributed by atoms with van der Waals surface area (Å²) in [6.45, 7) is 6.07. The van der Waals surface area contributed by atoms with Gasteiger partial charge in [-0.3, -0.25) is 4.90 Å². The van der Waals surface area contributed by atoms with Crippen molar-refractivity contribution in [3.05, 3.63) is 42.1 Å². The molecule has 0 aliphatic carbocycles. The van der Waals surface area contributed by atoms with Crippen molar-refractivity contribution >= 4 is 6.09 Å². The van der Waals surface area contributed by atoms with Gasteiger partial charge in [-0.05, 0) is 51.8 Å². The van der Waals surface area contributed by atoms with Crippen LogP contribution in [0.3, 0.4) is 0 Å². The van der Waals surface area contributed by atoms with Crippen molar-refractivity contribution in [3.8, 4) is 29.0 Å². The predicted octanol–water partition coefficient (Wildman–Crippen LogP) is 3.53. The van der Waals surface area contributed by atoms with E-state index < -0.39 is 11.7 Å². The monoisotopic (exact) mass is 419 g/mol. The van der Waals surface area contributed by atoms with Crippen LogP contribution < -0.4 is 0 Å². The average Bonchev–Trinajstić information content (AvgIpc) is 3.42. The van der Waals surface area contributed by atoms with Crippen LogP contribution in [0.25, 0.3) is 23.0 Å². The Morgan fingerprint density at radius 3 is 2.84 bits per heavy atom. The average molecular weight is 419 g/mol. The molecule has 0 spiro atoms. The van der Waals surface area contributed by atoms with Crippen LogP contribution >= 0.6 is 0 Å². The molecule has 0 aromatic carbocycles. The van der Waals surface area contributed by atoms with E-state index in [1.54, 1.807) is 29.3 Å². The van der Waals surface area contributed by atoms with Crippen LogP contribution in [0.2, 0.25) is 0 Å². The van der Waals surface area contributed by atoms with Crippen LogP contribution in [-0.4, -0.2) is 48.2 Å². The number of likely N-dealkylation sites (tertiary alicyclic amines) is 1. The largest absolute Gasteiger partial charge is 0.444 e. The highest BCUT2D eigenvalue weighted by Gasteiger charge is 2.36. The number of rotatable bonds is 3. The first-order valence-corrected chi connectivity index (χ1v) is 9.87. The summed E-state index contributed by atoms with van der Waals surface area (Å²) < 4.78 is 10.9. The Morgan fingerprint density at radius 2 is 2.06 bits per heavy atom. The maximum Gasteiger partial charge on any atom is 0.410 e. The zero-order valence-corrected chi connectivity index (χ0v) is 17.4. The van der Waals surface area contributed by atoms with E-state index >= 15 is 0 Å². The summed E-state index contributed by atoms with van der Waals surface area (Å²) in [6.07, 6.45) is 4.27. The molecule has 1 aliphatic rings. The van der Waals surface area contributed by atoms with E-state index in [4.69, 9.17) is 14.5 Å². The molecule has 0 bridgehead atoms. The Balaban J connectivity index is 1.58. The number of carbonyl (C=O) groups excluding carboxylic acids is 1. The smallest absolute Gasteiger partial charge is 0.410 e. The quantitative estimate of drug-likeness (QED) is 0.625. The van der Waals surface area contributed by atoms with E-state index in [1.165, 1.54) is 6.20 Å². The van der Waals surface area contributed by atoms with Crippen molar-refractivity contribution in [1.29, 1.82) is 5.26 Å². The van der Waals surface area contributed by atoms with Gasteiger partial charge in [0.15, 0.2) is 11.6 Å². The zero-order chi connectivity index (χ0) is 22.0. The fourth-order valence-corrected chi connectivity index (χ4v) is 3.30. The lowest BCUT2D eigenvalue weighted by Crippen LogP contribution is -2.36. The summed E-state index contributed by atoms with van der Waals surface area (Å²) >= 11 is 0. The number of pyridine rings is 1. The third kappa shape index (κ3) is 4.50. The number of nitriles is 1. The molecular formula is C21H21N7O3. The van der Waals surface area contributed by atoms with Gasteiger partial charge in [0, 0.05) is 24.5 Å². The van der Waals surface area contributed by atoms with Gasteiger partial charge >= 0.3 is 6.09 Å². The molecule has 158 valence electrons. The first-order valence-electron chi connectivity index (χ1n) is 9.87. The van der Waals surface area contributed by atoms with Crippen LogP contribution in [0.15, 0.2) is 35.1 Å². The van der Waals surface area contributed by atoms with E-state index in [0.717, 1.165) is 12.8 Å². The molecule has 1 saturated heterocycles. The second kappa shape index (κ2) is 8.10. The first kappa shape index (κ1) is 20.4. The number of hydrogen-bond donors (Lipinski definition) is 0. The number of ether oxygens (including phenoxy) is 1.